The Balaban J connectivity index is 0.00000280. The normalized spacial score (nSPS) is 16.5. The third-order valence-electron chi connectivity index (χ3n) is 4.35. The first kappa shape index (κ1) is 22.5. The molecule has 0 radical (unpaired) electrons. The van der Waals surface area contributed by atoms with Gasteiger partial charge in [0.1, 0.15) is 11.9 Å². The summed E-state index contributed by atoms with van der Waals surface area (Å²) in [6, 6.07) is 8.20. The van der Waals surface area contributed by atoms with E-state index in [-0.39, 0.29) is 30.1 Å². The second-order valence-corrected chi connectivity index (χ2v) is 6.61. The van der Waals surface area contributed by atoms with Gasteiger partial charge in [0.2, 0.25) is 0 Å². The minimum absolute atomic E-state index is 0. The molecular formula is C20H30IN5O2. The van der Waals surface area contributed by atoms with Crippen LogP contribution in [-0.2, 0) is 17.8 Å². The Bertz CT molecular complexity index is 730. The minimum Gasteiger partial charge on any atom is -0.488 e. The van der Waals surface area contributed by atoms with Crippen LogP contribution in [0.15, 0.2) is 41.7 Å². The lowest BCUT2D eigenvalue weighted by Crippen LogP contribution is -2.38. The Labute approximate surface area is 183 Å². The molecule has 8 heteroatoms. The first-order valence-corrected chi connectivity index (χ1v) is 9.58. The second kappa shape index (κ2) is 11.9. The van der Waals surface area contributed by atoms with Crippen molar-refractivity contribution in [1.82, 2.24) is 20.4 Å². The van der Waals surface area contributed by atoms with E-state index in [4.69, 9.17) is 14.5 Å². The molecule has 1 atom stereocenters. The SMILES string of the molecule is CCNC(=NCc1ccc(C)cc1OC1CCOC1)NCCn1cccn1.I. The van der Waals surface area contributed by atoms with Crippen molar-refractivity contribution in [1.29, 1.82) is 0 Å². The number of hydrogen-bond acceptors (Lipinski definition) is 4. The molecule has 1 fully saturated rings. The number of nitrogens with zero attached hydrogens (tertiary/aromatic N) is 3. The third kappa shape index (κ3) is 6.97. The molecule has 2 heterocycles. The lowest BCUT2D eigenvalue weighted by molar-refractivity contribution is 0.140. The average molecular weight is 499 g/mol. The van der Waals surface area contributed by atoms with E-state index in [1.54, 1.807) is 6.20 Å². The fraction of sp³-hybridized carbons (Fsp3) is 0.500. The van der Waals surface area contributed by atoms with Crippen molar-refractivity contribution in [2.75, 3.05) is 26.3 Å². The first-order valence-electron chi connectivity index (χ1n) is 9.58. The van der Waals surface area contributed by atoms with Crippen molar-refractivity contribution in [2.24, 2.45) is 4.99 Å². The molecule has 0 spiro atoms. The molecule has 0 saturated carbocycles. The van der Waals surface area contributed by atoms with E-state index in [1.165, 1.54) is 5.56 Å². The Kier molecular flexibility index (Phi) is 9.56. The highest BCUT2D eigenvalue weighted by molar-refractivity contribution is 14.0. The van der Waals surface area contributed by atoms with Gasteiger partial charge < -0.3 is 20.1 Å². The largest absolute Gasteiger partial charge is 0.488 e. The maximum atomic E-state index is 6.16. The minimum atomic E-state index is 0. The highest BCUT2D eigenvalue weighted by Gasteiger charge is 2.18. The Hall–Kier alpha value is -1.81. The predicted octanol–water partition coefficient (Wildman–Crippen LogP) is 2.73. The zero-order valence-corrected chi connectivity index (χ0v) is 18.9. The van der Waals surface area contributed by atoms with Crippen LogP contribution in [0.25, 0.3) is 0 Å². The molecular weight excluding hydrogens is 469 g/mol. The summed E-state index contributed by atoms with van der Waals surface area (Å²) >= 11 is 0. The summed E-state index contributed by atoms with van der Waals surface area (Å²) in [6.45, 7) is 8.48. The molecule has 3 rings (SSSR count). The van der Waals surface area contributed by atoms with Gasteiger partial charge >= 0.3 is 0 Å². The van der Waals surface area contributed by atoms with Crippen LogP contribution in [0.3, 0.4) is 0 Å². The molecule has 0 bridgehead atoms. The van der Waals surface area contributed by atoms with E-state index in [0.717, 1.165) is 49.9 Å². The molecule has 1 aromatic heterocycles. The molecule has 1 aromatic carbocycles. The Morgan fingerprint density at radius 3 is 3.00 bits per heavy atom. The quantitative estimate of drug-likeness (QED) is 0.332. The fourth-order valence-corrected chi connectivity index (χ4v) is 2.92. The summed E-state index contributed by atoms with van der Waals surface area (Å²) in [6.07, 6.45) is 4.81. The van der Waals surface area contributed by atoms with Gasteiger partial charge in [-0.1, -0.05) is 12.1 Å². The van der Waals surface area contributed by atoms with Gasteiger partial charge in [-0.05, 0) is 31.5 Å². The highest BCUT2D eigenvalue weighted by Crippen LogP contribution is 2.24. The number of aryl methyl sites for hydroxylation is 1. The summed E-state index contributed by atoms with van der Waals surface area (Å²) < 4.78 is 13.5. The van der Waals surface area contributed by atoms with Gasteiger partial charge in [-0.3, -0.25) is 4.68 Å². The van der Waals surface area contributed by atoms with Crippen molar-refractivity contribution in [2.45, 2.75) is 39.5 Å². The Morgan fingerprint density at radius 1 is 1.39 bits per heavy atom. The summed E-state index contributed by atoms with van der Waals surface area (Å²) in [5, 5.41) is 10.8. The number of halogens is 1. The van der Waals surface area contributed by atoms with Crippen LogP contribution in [0.4, 0.5) is 0 Å². The van der Waals surface area contributed by atoms with Crippen molar-refractivity contribution < 1.29 is 9.47 Å². The van der Waals surface area contributed by atoms with E-state index in [9.17, 15) is 0 Å². The van der Waals surface area contributed by atoms with E-state index >= 15 is 0 Å². The van der Waals surface area contributed by atoms with Crippen LogP contribution in [0.1, 0.15) is 24.5 Å². The number of nitrogens with one attached hydrogen (secondary N) is 2. The lowest BCUT2D eigenvalue weighted by Gasteiger charge is -2.16. The van der Waals surface area contributed by atoms with Gasteiger partial charge in [0, 0.05) is 37.5 Å². The van der Waals surface area contributed by atoms with Gasteiger partial charge in [0.05, 0.1) is 26.3 Å². The molecule has 2 N–H and O–H groups in total. The number of benzene rings is 1. The molecule has 1 aliphatic heterocycles. The van der Waals surface area contributed by atoms with Crippen LogP contribution in [-0.4, -0.2) is 48.1 Å². The topological polar surface area (TPSA) is 72.7 Å². The summed E-state index contributed by atoms with van der Waals surface area (Å²) in [7, 11) is 0. The number of aliphatic imine (C=N–C) groups is 1. The molecule has 1 saturated heterocycles. The zero-order valence-electron chi connectivity index (χ0n) is 16.6. The number of guanidine groups is 1. The van der Waals surface area contributed by atoms with E-state index in [2.05, 4.69) is 47.8 Å². The predicted molar refractivity (Wildman–Crippen MR) is 121 cm³/mol. The summed E-state index contributed by atoms with van der Waals surface area (Å²) in [4.78, 5) is 4.72. The lowest BCUT2D eigenvalue weighted by atomic mass is 10.1. The van der Waals surface area contributed by atoms with Gasteiger partial charge in [0.25, 0.3) is 0 Å². The zero-order chi connectivity index (χ0) is 18.9. The van der Waals surface area contributed by atoms with E-state index in [0.29, 0.717) is 13.2 Å². The fourth-order valence-electron chi connectivity index (χ4n) is 2.92. The van der Waals surface area contributed by atoms with Gasteiger partial charge in [-0.15, -0.1) is 24.0 Å². The van der Waals surface area contributed by atoms with Crippen molar-refractivity contribution in [3.05, 3.63) is 47.8 Å². The second-order valence-electron chi connectivity index (χ2n) is 6.61. The van der Waals surface area contributed by atoms with Gasteiger partial charge in [-0.2, -0.15) is 5.10 Å². The first-order chi connectivity index (χ1) is 13.2. The molecule has 1 aliphatic rings. The number of rotatable bonds is 8. The van der Waals surface area contributed by atoms with Crippen molar-refractivity contribution in [3.63, 3.8) is 0 Å². The molecule has 28 heavy (non-hydrogen) atoms. The van der Waals surface area contributed by atoms with Crippen LogP contribution in [0.5, 0.6) is 5.75 Å². The smallest absolute Gasteiger partial charge is 0.191 e. The van der Waals surface area contributed by atoms with Gasteiger partial charge in [-0.25, -0.2) is 4.99 Å². The number of aromatic nitrogens is 2. The molecule has 154 valence electrons. The van der Waals surface area contributed by atoms with Crippen LogP contribution in [0.2, 0.25) is 0 Å². The molecule has 1 unspecified atom stereocenters. The highest BCUT2D eigenvalue weighted by atomic mass is 127. The third-order valence-corrected chi connectivity index (χ3v) is 4.35. The van der Waals surface area contributed by atoms with E-state index in [1.807, 2.05) is 16.9 Å². The van der Waals surface area contributed by atoms with E-state index < -0.39 is 0 Å². The summed E-state index contributed by atoms with van der Waals surface area (Å²) in [5.74, 6) is 1.70. The molecule has 7 nitrogen and oxygen atoms in total. The molecule has 2 aromatic rings. The van der Waals surface area contributed by atoms with Crippen LogP contribution >= 0.6 is 24.0 Å². The standard InChI is InChI=1S/C20H29N5O2.HI/c1-3-21-20(22-9-11-25-10-4-8-24-25)23-14-17-6-5-16(2)13-19(17)27-18-7-12-26-15-18;/h4-6,8,10,13,18H,3,7,9,11-12,14-15H2,1-2H3,(H2,21,22,23);1H. The van der Waals surface area contributed by atoms with Gasteiger partial charge in [0.15, 0.2) is 5.96 Å². The van der Waals surface area contributed by atoms with Crippen molar-refractivity contribution >= 4 is 29.9 Å². The summed E-state index contributed by atoms with van der Waals surface area (Å²) in [5.41, 5.74) is 2.26. The number of hydrogen-bond donors (Lipinski definition) is 2. The maximum Gasteiger partial charge on any atom is 0.191 e. The van der Waals surface area contributed by atoms with Crippen LogP contribution < -0.4 is 15.4 Å². The monoisotopic (exact) mass is 499 g/mol. The average Bonchev–Trinajstić information content (AvgIpc) is 3.35. The van der Waals surface area contributed by atoms with Crippen LogP contribution in [0, 0.1) is 6.92 Å². The Morgan fingerprint density at radius 2 is 2.29 bits per heavy atom. The number of ether oxygens (including phenoxy) is 2. The maximum absolute atomic E-state index is 6.16. The molecule has 0 aliphatic carbocycles. The molecule has 0 amide bonds. The van der Waals surface area contributed by atoms with Crippen molar-refractivity contribution in [3.8, 4) is 5.75 Å².